The van der Waals surface area contributed by atoms with Crippen LogP contribution in [-0.2, 0) is 6.42 Å². The second-order valence-corrected chi connectivity index (χ2v) is 4.26. The third-order valence-electron chi connectivity index (χ3n) is 2.97. The molecule has 0 amide bonds. The van der Waals surface area contributed by atoms with E-state index in [2.05, 4.69) is 17.2 Å². The average Bonchev–Trinajstić information content (AvgIpc) is 2.34. The molecule has 0 aliphatic heterocycles. The Morgan fingerprint density at radius 1 is 1.35 bits per heavy atom. The first-order chi connectivity index (χ1) is 8.17. The topological polar surface area (TPSA) is 24.9 Å². The summed E-state index contributed by atoms with van der Waals surface area (Å²) in [6.45, 7) is 4.06. The summed E-state index contributed by atoms with van der Waals surface area (Å²) in [5.41, 5.74) is 2.82. The van der Waals surface area contributed by atoms with Gasteiger partial charge in [0.05, 0.1) is 5.52 Å². The third-order valence-corrected chi connectivity index (χ3v) is 2.97. The number of fused-ring (bicyclic) bond motifs is 1. The minimum atomic E-state index is -0.196. The molecule has 0 saturated carbocycles. The van der Waals surface area contributed by atoms with E-state index in [0.29, 0.717) is 5.39 Å². The van der Waals surface area contributed by atoms with Gasteiger partial charge in [-0.2, -0.15) is 0 Å². The van der Waals surface area contributed by atoms with E-state index in [1.54, 1.807) is 6.07 Å². The molecule has 1 aromatic heterocycles. The zero-order valence-electron chi connectivity index (χ0n) is 10.5. The van der Waals surface area contributed by atoms with Crippen molar-refractivity contribution in [2.45, 2.75) is 26.7 Å². The van der Waals surface area contributed by atoms with Crippen molar-refractivity contribution in [3.8, 4) is 0 Å². The molecular weight excluding hydrogens is 215 g/mol. The van der Waals surface area contributed by atoms with Gasteiger partial charge in [-0.25, -0.2) is 9.37 Å². The molecule has 0 spiro atoms. The van der Waals surface area contributed by atoms with Crippen LogP contribution in [0.25, 0.3) is 10.9 Å². The molecular formula is C14H17FN2. The normalized spacial score (nSPS) is 10.8. The van der Waals surface area contributed by atoms with Crippen LogP contribution in [0.15, 0.2) is 18.2 Å². The summed E-state index contributed by atoms with van der Waals surface area (Å²) in [5, 5.41) is 3.70. The number of aromatic nitrogens is 1. The smallest absolute Gasteiger partial charge is 0.132 e. The molecule has 0 aliphatic carbocycles. The van der Waals surface area contributed by atoms with Crippen molar-refractivity contribution < 1.29 is 4.39 Å². The Morgan fingerprint density at radius 3 is 2.76 bits per heavy atom. The van der Waals surface area contributed by atoms with Crippen LogP contribution in [-0.4, -0.2) is 12.0 Å². The van der Waals surface area contributed by atoms with Gasteiger partial charge in [-0.1, -0.05) is 19.4 Å². The molecule has 0 atom stereocenters. The Morgan fingerprint density at radius 2 is 2.12 bits per heavy atom. The minimum Gasteiger partial charge on any atom is -0.373 e. The summed E-state index contributed by atoms with van der Waals surface area (Å²) < 4.78 is 13.8. The SMILES string of the molecule is CCCc1cc2c(F)ccc(C)c2nc1NC. The lowest BCUT2D eigenvalue weighted by atomic mass is 10.0. The van der Waals surface area contributed by atoms with Crippen LogP contribution in [0.3, 0.4) is 0 Å². The molecule has 17 heavy (non-hydrogen) atoms. The molecule has 2 rings (SSSR count). The summed E-state index contributed by atoms with van der Waals surface area (Å²) >= 11 is 0. The van der Waals surface area contributed by atoms with Gasteiger partial charge in [-0.15, -0.1) is 0 Å². The van der Waals surface area contributed by atoms with Gasteiger partial charge in [0.2, 0.25) is 0 Å². The average molecular weight is 232 g/mol. The highest BCUT2D eigenvalue weighted by Gasteiger charge is 2.10. The molecule has 0 aliphatic rings. The highest BCUT2D eigenvalue weighted by Crippen LogP contribution is 2.25. The molecule has 0 fully saturated rings. The van der Waals surface area contributed by atoms with E-state index >= 15 is 0 Å². The standard InChI is InChI=1S/C14H17FN2/c1-4-5-10-8-11-12(15)7-6-9(2)13(11)17-14(10)16-3/h6-8H,4-5H2,1-3H3,(H,16,17). The molecule has 0 saturated heterocycles. The lowest BCUT2D eigenvalue weighted by Gasteiger charge is -2.11. The fourth-order valence-electron chi connectivity index (χ4n) is 2.08. The second-order valence-electron chi connectivity index (χ2n) is 4.26. The maximum atomic E-state index is 13.8. The van der Waals surface area contributed by atoms with Crippen molar-refractivity contribution in [3.63, 3.8) is 0 Å². The summed E-state index contributed by atoms with van der Waals surface area (Å²) in [6.07, 6.45) is 1.93. The number of anilines is 1. The van der Waals surface area contributed by atoms with Gasteiger partial charge >= 0.3 is 0 Å². The summed E-state index contributed by atoms with van der Waals surface area (Å²) in [6, 6.07) is 5.19. The van der Waals surface area contributed by atoms with Crippen LogP contribution >= 0.6 is 0 Å². The summed E-state index contributed by atoms with van der Waals surface area (Å²) in [4.78, 5) is 4.52. The summed E-state index contributed by atoms with van der Waals surface area (Å²) in [5.74, 6) is 0.658. The number of benzene rings is 1. The zero-order valence-corrected chi connectivity index (χ0v) is 10.5. The lowest BCUT2D eigenvalue weighted by Crippen LogP contribution is -2.01. The Bertz CT molecular complexity index is 549. The zero-order chi connectivity index (χ0) is 12.4. The van der Waals surface area contributed by atoms with Gasteiger partial charge in [0.15, 0.2) is 0 Å². The van der Waals surface area contributed by atoms with Crippen molar-refractivity contribution in [1.29, 1.82) is 0 Å². The number of nitrogens with zero attached hydrogens (tertiary/aromatic N) is 1. The van der Waals surface area contributed by atoms with Crippen molar-refractivity contribution in [2.24, 2.45) is 0 Å². The molecule has 1 N–H and O–H groups in total. The van der Waals surface area contributed by atoms with Crippen molar-refractivity contribution in [1.82, 2.24) is 4.98 Å². The van der Waals surface area contributed by atoms with Gasteiger partial charge in [-0.05, 0) is 36.6 Å². The van der Waals surface area contributed by atoms with Crippen LogP contribution < -0.4 is 5.32 Å². The van der Waals surface area contributed by atoms with Gasteiger partial charge < -0.3 is 5.32 Å². The van der Waals surface area contributed by atoms with Crippen molar-refractivity contribution in [3.05, 3.63) is 35.1 Å². The first-order valence-electron chi connectivity index (χ1n) is 5.93. The molecule has 0 bridgehead atoms. The highest BCUT2D eigenvalue weighted by atomic mass is 19.1. The van der Waals surface area contributed by atoms with E-state index in [0.717, 1.165) is 35.3 Å². The Hall–Kier alpha value is -1.64. The molecule has 2 aromatic rings. The quantitative estimate of drug-likeness (QED) is 0.873. The number of halogens is 1. The molecule has 3 heteroatoms. The van der Waals surface area contributed by atoms with Crippen LogP contribution in [0.5, 0.6) is 0 Å². The van der Waals surface area contributed by atoms with Gasteiger partial charge in [0.1, 0.15) is 11.6 Å². The minimum absolute atomic E-state index is 0.196. The van der Waals surface area contributed by atoms with Crippen LogP contribution in [0.4, 0.5) is 10.2 Å². The van der Waals surface area contributed by atoms with Gasteiger partial charge in [0.25, 0.3) is 0 Å². The van der Waals surface area contributed by atoms with E-state index in [4.69, 9.17) is 0 Å². The second kappa shape index (κ2) is 4.70. The van der Waals surface area contributed by atoms with Crippen molar-refractivity contribution >= 4 is 16.7 Å². The molecule has 2 nitrogen and oxygen atoms in total. The molecule has 1 aromatic carbocycles. The molecule has 0 radical (unpaired) electrons. The first kappa shape index (κ1) is 11.8. The number of hydrogen-bond acceptors (Lipinski definition) is 2. The number of aryl methyl sites for hydroxylation is 2. The molecule has 1 heterocycles. The Balaban J connectivity index is 2.73. The monoisotopic (exact) mass is 232 g/mol. The number of pyridine rings is 1. The summed E-state index contributed by atoms with van der Waals surface area (Å²) in [7, 11) is 1.85. The van der Waals surface area contributed by atoms with Gasteiger partial charge in [0, 0.05) is 12.4 Å². The third kappa shape index (κ3) is 2.09. The predicted octanol–water partition coefficient (Wildman–Crippen LogP) is 3.68. The predicted molar refractivity (Wildman–Crippen MR) is 70.0 cm³/mol. The first-order valence-corrected chi connectivity index (χ1v) is 5.93. The van der Waals surface area contributed by atoms with Gasteiger partial charge in [-0.3, -0.25) is 0 Å². The van der Waals surface area contributed by atoms with E-state index in [9.17, 15) is 4.39 Å². The maximum Gasteiger partial charge on any atom is 0.132 e. The molecule has 0 unspecified atom stereocenters. The highest BCUT2D eigenvalue weighted by molar-refractivity contribution is 5.85. The van der Waals surface area contributed by atoms with E-state index in [-0.39, 0.29) is 5.82 Å². The maximum absolute atomic E-state index is 13.8. The number of hydrogen-bond donors (Lipinski definition) is 1. The fourth-order valence-corrected chi connectivity index (χ4v) is 2.08. The Labute approximate surface area is 101 Å². The fraction of sp³-hybridized carbons (Fsp3) is 0.357. The lowest BCUT2D eigenvalue weighted by molar-refractivity contribution is 0.639. The number of rotatable bonds is 3. The number of nitrogens with one attached hydrogen (secondary N) is 1. The molecule has 90 valence electrons. The van der Waals surface area contributed by atoms with Crippen molar-refractivity contribution in [2.75, 3.05) is 12.4 Å². The van der Waals surface area contributed by atoms with E-state index in [1.165, 1.54) is 6.07 Å². The van der Waals surface area contributed by atoms with Crippen LogP contribution in [0.2, 0.25) is 0 Å². The Kier molecular flexibility index (Phi) is 3.27. The van der Waals surface area contributed by atoms with E-state index < -0.39 is 0 Å². The van der Waals surface area contributed by atoms with Crippen LogP contribution in [0.1, 0.15) is 24.5 Å². The van der Waals surface area contributed by atoms with Crippen LogP contribution in [0, 0.1) is 12.7 Å². The largest absolute Gasteiger partial charge is 0.373 e. The van der Waals surface area contributed by atoms with E-state index in [1.807, 2.05) is 20.0 Å².